The number of nitrogens with one attached hydrogen (secondary N) is 1. The van der Waals surface area contributed by atoms with Crippen LogP contribution in [-0.4, -0.2) is 26.2 Å². The van der Waals surface area contributed by atoms with Gasteiger partial charge in [0.05, 0.1) is 15.7 Å². The first-order valence-corrected chi connectivity index (χ1v) is 9.96. The Balaban J connectivity index is 1.54. The van der Waals surface area contributed by atoms with Gasteiger partial charge in [0, 0.05) is 42.6 Å². The van der Waals surface area contributed by atoms with E-state index in [2.05, 4.69) is 15.3 Å². The van der Waals surface area contributed by atoms with Gasteiger partial charge >= 0.3 is 0 Å². The Morgan fingerprint density at radius 3 is 2.92 bits per heavy atom. The number of hydrogen-bond acceptors (Lipinski definition) is 5. The molecule has 25 heavy (non-hydrogen) atoms. The Labute approximate surface area is 163 Å². The van der Waals surface area contributed by atoms with Gasteiger partial charge in [-0.1, -0.05) is 41.0 Å². The molecule has 9 heteroatoms. The van der Waals surface area contributed by atoms with E-state index in [1.54, 1.807) is 30.1 Å². The fourth-order valence-electron chi connectivity index (χ4n) is 2.03. The topological polar surface area (TPSA) is 59.8 Å². The van der Waals surface area contributed by atoms with Crippen LogP contribution in [0.25, 0.3) is 11.3 Å². The molecule has 3 rings (SSSR count). The fraction of sp³-hybridized carbons (Fsp3) is 0.188. The minimum absolute atomic E-state index is 0.0725. The van der Waals surface area contributed by atoms with Crippen molar-refractivity contribution in [2.75, 3.05) is 11.1 Å². The van der Waals surface area contributed by atoms with E-state index in [0.29, 0.717) is 27.4 Å². The third-order valence-corrected chi connectivity index (χ3v) is 5.86. The van der Waals surface area contributed by atoms with Gasteiger partial charge < -0.3 is 9.88 Å². The van der Waals surface area contributed by atoms with Crippen molar-refractivity contribution in [3.8, 4) is 11.3 Å². The molecule has 0 unspecified atom stereocenters. The number of amides is 1. The highest BCUT2D eigenvalue weighted by atomic mass is 35.5. The molecule has 5 nitrogen and oxygen atoms in total. The summed E-state index contributed by atoms with van der Waals surface area (Å²) in [5.74, 6) is 0.582. The molecule has 1 aromatic carbocycles. The lowest BCUT2D eigenvalue weighted by Gasteiger charge is -2.02. The number of anilines is 1. The molecule has 130 valence electrons. The van der Waals surface area contributed by atoms with Gasteiger partial charge in [-0.2, -0.15) is 0 Å². The molecule has 0 saturated heterocycles. The van der Waals surface area contributed by atoms with Crippen molar-refractivity contribution in [2.24, 2.45) is 7.05 Å². The first kappa shape index (κ1) is 18.3. The van der Waals surface area contributed by atoms with Gasteiger partial charge in [0.1, 0.15) is 0 Å². The number of aromatic nitrogens is 3. The third-order valence-electron chi connectivity index (χ3n) is 3.30. The van der Waals surface area contributed by atoms with Crippen LogP contribution in [0.1, 0.15) is 6.42 Å². The van der Waals surface area contributed by atoms with Crippen molar-refractivity contribution in [3.63, 3.8) is 0 Å². The van der Waals surface area contributed by atoms with Crippen LogP contribution in [0.15, 0.2) is 41.1 Å². The average molecular weight is 413 g/mol. The van der Waals surface area contributed by atoms with Gasteiger partial charge in [-0.05, 0) is 12.1 Å². The van der Waals surface area contributed by atoms with Crippen LogP contribution in [0.5, 0.6) is 0 Å². The lowest BCUT2D eigenvalue weighted by atomic mass is 10.2. The van der Waals surface area contributed by atoms with Crippen molar-refractivity contribution < 1.29 is 4.79 Å². The number of benzene rings is 1. The van der Waals surface area contributed by atoms with Crippen molar-refractivity contribution in [1.82, 2.24) is 14.5 Å². The highest BCUT2D eigenvalue weighted by Gasteiger charge is 2.10. The van der Waals surface area contributed by atoms with Gasteiger partial charge in [0.25, 0.3) is 0 Å². The van der Waals surface area contributed by atoms with Crippen molar-refractivity contribution in [3.05, 3.63) is 46.0 Å². The fourth-order valence-corrected chi connectivity index (χ4v) is 3.93. The number of nitrogens with zero attached hydrogens (tertiary/aromatic N) is 3. The van der Waals surface area contributed by atoms with Crippen molar-refractivity contribution in [1.29, 1.82) is 0 Å². The largest absolute Gasteiger partial charge is 0.329 e. The lowest BCUT2D eigenvalue weighted by molar-refractivity contribution is -0.115. The smallest absolute Gasteiger partial charge is 0.226 e. The maximum Gasteiger partial charge on any atom is 0.226 e. The van der Waals surface area contributed by atoms with E-state index in [1.807, 2.05) is 29.3 Å². The summed E-state index contributed by atoms with van der Waals surface area (Å²) in [4.78, 5) is 20.7. The SMILES string of the molecule is Cn1ccnc1SCCC(=O)Nc1nc(-c2ccc(Cl)c(Cl)c2)cs1. The van der Waals surface area contributed by atoms with E-state index >= 15 is 0 Å². The van der Waals surface area contributed by atoms with E-state index < -0.39 is 0 Å². The Kier molecular flexibility index (Phi) is 6.01. The summed E-state index contributed by atoms with van der Waals surface area (Å²) in [5, 5.41) is 7.13. The van der Waals surface area contributed by atoms with Crippen molar-refractivity contribution >= 4 is 57.3 Å². The van der Waals surface area contributed by atoms with Gasteiger partial charge in [-0.25, -0.2) is 9.97 Å². The normalized spacial score (nSPS) is 10.8. The minimum atomic E-state index is -0.0725. The highest BCUT2D eigenvalue weighted by Crippen LogP contribution is 2.30. The Morgan fingerprint density at radius 2 is 2.20 bits per heavy atom. The average Bonchev–Trinajstić information content (AvgIpc) is 3.20. The summed E-state index contributed by atoms with van der Waals surface area (Å²) in [5.41, 5.74) is 1.61. The summed E-state index contributed by atoms with van der Waals surface area (Å²) in [6, 6.07) is 5.33. The second-order valence-corrected chi connectivity index (χ2v) is 7.87. The summed E-state index contributed by atoms with van der Waals surface area (Å²) in [7, 11) is 1.93. The van der Waals surface area contributed by atoms with Crippen LogP contribution in [0, 0.1) is 0 Å². The molecule has 0 fully saturated rings. The number of imidazole rings is 1. The van der Waals surface area contributed by atoms with E-state index in [-0.39, 0.29) is 5.91 Å². The number of rotatable bonds is 6. The molecule has 2 aromatic heterocycles. The minimum Gasteiger partial charge on any atom is -0.329 e. The second kappa shape index (κ2) is 8.23. The number of carbonyl (C=O) groups excluding carboxylic acids is 1. The standard InChI is InChI=1S/C16H14Cl2N4OS2/c1-22-6-5-19-16(22)24-7-4-14(23)21-15-20-13(9-25-15)10-2-3-11(17)12(18)8-10/h2-3,5-6,8-9H,4,7H2,1H3,(H,20,21,23). The first-order valence-electron chi connectivity index (χ1n) is 7.34. The third kappa shape index (κ3) is 4.76. The second-order valence-electron chi connectivity index (χ2n) is 5.13. The summed E-state index contributed by atoms with van der Waals surface area (Å²) in [6.45, 7) is 0. The summed E-state index contributed by atoms with van der Waals surface area (Å²) < 4.78 is 1.92. The molecular formula is C16H14Cl2N4OS2. The Morgan fingerprint density at radius 1 is 1.36 bits per heavy atom. The molecule has 0 atom stereocenters. The van der Waals surface area contributed by atoms with E-state index in [4.69, 9.17) is 23.2 Å². The predicted molar refractivity (Wildman–Crippen MR) is 105 cm³/mol. The molecule has 0 aliphatic carbocycles. The molecule has 2 heterocycles. The molecule has 0 aliphatic heterocycles. The van der Waals surface area contributed by atoms with Crippen LogP contribution >= 0.6 is 46.3 Å². The zero-order valence-electron chi connectivity index (χ0n) is 13.2. The quantitative estimate of drug-likeness (QED) is 0.580. The lowest BCUT2D eigenvalue weighted by Crippen LogP contribution is -2.12. The molecule has 0 spiro atoms. The van der Waals surface area contributed by atoms with Crippen molar-refractivity contribution in [2.45, 2.75) is 11.6 Å². The molecule has 1 amide bonds. The molecule has 3 aromatic rings. The van der Waals surface area contributed by atoms with Crippen LogP contribution in [0.2, 0.25) is 10.0 Å². The highest BCUT2D eigenvalue weighted by molar-refractivity contribution is 7.99. The Hall–Kier alpha value is -1.54. The number of aryl methyl sites for hydroxylation is 1. The molecular weight excluding hydrogens is 399 g/mol. The predicted octanol–water partition coefficient (Wildman–Crippen LogP) is 4.97. The molecule has 0 radical (unpaired) electrons. The summed E-state index contributed by atoms with van der Waals surface area (Å²) >= 11 is 14.9. The number of thioether (sulfide) groups is 1. The molecule has 0 aliphatic rings. The first-order chi connectivity index (χ1) is 12.0. The van der Waals surface area contributed by atoms with Gasteiger partial charge in [-0.15, -0.1) is 11.3 Å². The maximum atomic E-state index is 12.0. The van der Waals surface area contributed by atoms with Crippen LogP contribution in [0.3, 0.4) is 0 Å². The van der Waals surface area contributed by atoms with E-state index in [9.17, 15) is 4.79 Å². The molecule has 1 N–H and O–H groups in total. The van der Waals surface area contributed by atoms with Crippen LogP contribution < -0.4 is 5.32 Å². The number of carbonyl (C=O) groups is 1. The monoisotopic (exact) mass is 412 g/mol. The Bertz CT molecular complexity index is 894. The number of hydrogen-bond donors (Lipinski definition) is 1. The van der Waals surface area contributed by atoms with Crippen LogP contribution in [0.4, 0.5) is 5.13 Å². The number of thiazole rings is 1. The number of halogens is 2. The van der Waals surface area contributed by atoms with Gasteiger partial charge in [-0.3, -0.25) is 4.79 Å². The van der Waals surface area contributed by atoms with Gasteiger partial charge in [0.15, 0.2) is 10.3 Å². The molecule has 0 bridgehead atoms. The molecule has 0 saturated carbocycles. The zero-order chi connectivity index (χ0) is 17.8. The maximum absolute atomic E-state index is 12.0. The zero-order valence-corrected chi connectivity index (χ0v) is 16.3. The van der Waals surface area contributed by atoms with Crippen LogP contribution in [-0.2, 0) is 11.8 Å². The van der Waals surface area contributed by atoms with Gasteiger partial charge in [0.2, 0.25) is 5.91 Å². The summed E-state index contributed by atoms with van der Waals surface area (Å²) in [6.07, 6.45) is 4.00. The van der Waals surface area contributed by atoms with E-state index in [1.165, 1.54) is 11.3 Å². The van der Waals surface area contributed by atoms with E-state index in [0.717, 1.165) is 16.4 Å².